The molecular weight excluding hydrogens is 240 g/mol. The average Bonchev–Trinajstić information content (AvgIpc) is 3.10. The zero-order valence-electron chi connectivity index (χ0n) is 11.5. The van der Waals surface area contributed by atoms with Crippen LogP contribution in [-0.4, -0.2) is 18.4 Å². The van der Waals surface area contributed by atoms with E-state index < -0.39 is 6.16 Å². The molecule has 0 aromatic heterocycles. The molecule has 1 heterocycles. The first-order valence-electron chi connectivity index (χ1n) is 8.17. The zero-order chi connectivity index (χ0) is 12.7. The minimum absolute atomic E-state index is 0.111. The summed E-state index contributed by atoms with van der Waals surface area (Å²) in [6.07, 6.45) is 6.70. The zero-order valence-corrected chi connectivity index (χ0v) is 11.5. The topological polar surface area (TPSA) is 35.5 Å². The summed E-state index contributed by atoms with van der Waals surface area (Å²) in [5.41, 5.74) is 0. The molecular formula is C16H22O3. The first-order valence-corrected chi connectivity index (χ1v) is 8.17. The van der Waals surface area contributed by atoms with Crippen molar-refractivity contribution in [1.82, 2.24) is 0 Å². The Morgan fingerprint density at radius 2 is 1.58 bits per heavy atom. The molecule has 104 valence electrons. The van der Waals surface area contributed by atoms with Crippen LogP contribution in [0.1, 0.15) is 39.0 Å². The molecule has 0 amide bonds. The van der Waals surface area contributed by atoms with Gasteiger partial charge in [-0.1, -0.05) is 19.8 Å². The summed E-state index contributed by atoms with van der Waals surface area (Å²) in [5, 5.41) is 0. The van der Waals surface area contributed by atoms with Crippen LogP contribution in [-0.2, 0) is 9.47 Å². The fraction of sp³-hybridized carbons (Fsp3) is 0.938. The molecule has 3 heteroatoms. The second-order valence-corrected chi connectivity index (χ2v) is 7.49. The van der Waals surface area contributed by atoms with Crippen molar-refractivity contribution in [2.75, 3.05) is 0 Å². The third-order valence-electron chi connectivity index (χ3n) is 7.15. The molecule has 4 saturated carbocycles. The Morgan fingerprint density at radius 1 is 1.00 bits per heavy atom. The lowest BCUT2D eigenvalue weighted by molar-refractivity contribution is 0.00878. The molecule has 1 aliphatic heterocycles. The molecule has 8 unspecified atom stereocenters. The van der Waals surface area contributed by atoms with E-state index in [1.807, 2.05) is 0 Å². The summed E-state index contributed by atoms with van der Waals surface area (Å²) in [6.45, 7) is 2.32. The fourth-order valence-corrected chi connectivity index (χ4v) is 7.01. The van der Waals surface area contributed by atoms with Crippen LogP contribution in [0.5, 0.6) is 0 Å². The summed E-state index contributed by atoms with van der Waals surface area (Å²) in [6, 6.07) is 0. The monoisotopic (exact) mass is 262 g/mol. The third kappa shape index (κ3) is 1.15. The highest BCUT2D eigenvalue weighted by atomic mass is 16.8. The number of carbonyl (C=O) groups excluding carboxylic acids is 1. The van der Waals surface area contributed by atoms with Crippen molar-refractivity contribution in [3.05, 3.63) is 0 Å². The number of carbonyl (C=O) groups is 1. The molecule has 5 aliphatic rings. The molecule has 4 bridgehead atoms. The molecule has 0 N–H and O–H groups in total. The number of ether oxygens (including phenoxy) is 2. The van der Waals surface area contributed by atoms with Gasteiger partial charge in [0.1, 0.15) is 12.2 Å². The molecule has 3 nitrogen and oxygen atoms in total. The quantitative estimate of drug-likeness (QED) is 0.566. The molecule has 4 aliphatic carbocycles. The Morgan fingerprint density at radius 3 is 2.11 bits per heavy atom. The van der Waals surface area contributed by atoms with Crippen molar-refractivity contribution in [2.45, 2.75) is 51.2 Å². The van der Waals surface area contributed by atoms with Crippen LogP contribution >= 0.6 is 0 Å². The molecule has 19 heavy (non-hydrogen) atoms. The maximum absolute atomic E-state index is 11.4. The summed E-state index contributed by atoms with van der Waals surface area (Å²) >= 11 is 0. The van der Waals surface area contributed by atoms with Gasteiger partial charge < -0.3 is 9.47 Å². The highest BCUT2D eigenvalue weighted by Crippen LogP contribution is 2.71. The molecule has 0 spiro atoms. The van der Waals surface area contributed by atoms with E-state index in [0.29, 0.717) is 11.8 Å². The normalized spacial score (nSPS) is 60.1. The van der Waals surface area contributed by atoms with E-state index in [2.05, 4.69) is 6.92 Å². The first kappa shape index (κ1) is 11.0. The highest BCUT2D eigenvalue weighted by molar-refractivity contribution is 5.63. The molecule has 5 fully saturated rings. The Hall–Kier alpha value is -0.730. The molecule has 0 aromatic rings. The maximum Gasteiger partial charge on any atom is 0.509 e. The second-order valence-electron chi connectivity index (χ2n) is 7.49. The lowest BCUT2D eigenvalue weighted by Crippen LogP contribution is -2.42. The molecule has 0 radical (unpaired) electrons. The number of rotatable bonds is 2. The van der Waals surface area contributed by atoms with Crippen LogP contribution in [0, 0.1) is 41.4 Å². The highest BCUT2D eigenvalue weighted by Gasteiger charge is 2.71. The number of fused-ring (bicyclic) bond motifs is 12. The standard InChI is InChI=1S/C16H22O3/c1-2-3-7-8-4-5-9(7)13-11-6-10(12(8)13)14-15(11)19-16(17)18-14/h7-15H,2-6H2,1H3. The largest absolute Gasteiger partial charge is 0.509 e. The average molecular weight is 262 g/mol. The molecule has 8 atom stereocenters. The van der Waals surface area contributed by atoms with Crippen LogP contribution < -0.4 is 0 Å². The van der Waals surface area contributed by atoms with Crippen LogP contribution in [0.3, 0.4) is 0 Å². The number of hydrogen-bond acceptors (Lipinski definition) is 3. The van der Waals surface area contributed by atoms with Crippen molar-refractivity contribution in [3.8, 4) is 0 Å². The Balaban J connectivity index is 1.49. The first-order chi connectivity index (χ1) is 9.29. The van der Waals surface area contributed by atoms with E-state index in [1.54, 1.807) is 0 Å². The SMILES string of the molecule is CCCC1C2CCC1C1C3CC(C4OC(=O)OC34)C21. The minimum Gasteiger partial charge on any atom is -0.427 e. The minimum atomic E-state index is -0.401. The Bertz CT molecular complexity index is 400. The van der Waals surface area contributed by atoms with E-state index in [4.69, 9.17) is 9.47 Å². The summed E-state index contributed by atoms with van der Waals surface area (Å²) < 4.78 is 10.9. The Kier molecular flexibility index (Phi) is 2.01. The second kappa shape index (κ2) is 3.48. The van der Waals surface area contributed by atoms with Gasteiger partial charge in [0.25, 0.3) is 0 Å². The fourth-order valence-electron chi connectivity index (χ4n) is 7.01. The van der Waals surface area contributed by atoms with E-state index in [1.165, 1.54) is 32.1 Å². The van der Waals surface area contributed by atoms with Gasteiger partial charge >= 0.3 is 6.16 Å². The lowest BCUT2D eigenvalue weighted by Gasteiger charge is -2.38. The van der Waals surface area contributed by atoms with Crippen LogP contribution in [0.4, 0.5) is 4.79 Å². The smallest absolute Gasteiger partial charge is 0.427 e. The van der Waals surface area contributed by atoms with Crippen molar-refractivity contribution in [2.24, 2.45) is 41.4 Å². The van der Waals surface area contributed by atoms with E-state index >= 15 is 0 Å². The van der Waals surface area contributed by atoms with Gasteiger partial charge in [0, 0.05) is 11.8 Å². The molecule has 1 saturated heterocycles. The summed E-state index contributed by atoms with van der Waals surface area (Å²) in [5.74, 6) is 5.81. The van der Waals surface area contributed by atoms with E-state index in [-0.39, 0.29) is 12.2 Å². The molecule has 5 rings (SSSR count). The van der Waals surface area contributed by atoms with Gasteiger partial charge in [-0.2, -0.15) is 0 Å². The van der Waals surface area contributed by atoms with Crippen LogP contribution in [0.2, 0.25) is 0 Å². The predicted octanol–water partition coefficient (Wildman–Crippen LogP) is 3.23. The van der Waals surface area contributed by atoms with Gasteiger partial charge in [-0.3, -0.25) is 0 Å². The Labute approximate surface area is 114 Å². The summed E-state index contributed by atoms with van der Waals surface area (Å²) in [4.78, 5) is 11.4. The van der Waals surface area contributed by atoms with E-state index in [9.17, 15) is 4.79 Å². The van der Waals surface area contributed by atoms with Crippen molar-refractivity contribution < 1.29 is 14.3 Å². The van der Waals surface area contributed by atoms with Crippen molar-refractivity contribution in [3.63, 3.8) is 0 Å². The predicted molar refractivity (Wildman–Crippen MR) is 68.3 cm³/mol. The van der Waals surface area contributed by atoms with Gasteiger partial charge in [0.15, 0.2) is 0 Å². The van der Waals surface area contributed by atoms with Crippen LogP contribution in [0.25, 0.3) is 0 Å². The maximum atomic E-state index is 11.4. The van der Waals surface area contributed by atoms with Crippen molar-refractivity contribution in [1.29, 1.82) is 0 Å². The van der Waals surface area contributed by atoms with E-state index in [0.717, 1.165) is 29.6 Å². The summed E-state index contributed by atoms with van der Waals surface area (Å²) in [7, 11) is 0. The lowest BCUT2D eigenvalue weighted by atomic mass is 9.69. The third-order valence-corrected chi connectivity index (χ3v) is 7.15. The van der Waals surface area contributed by atoms with Gasteiger partial charge in [-0.15, -0.1) is 0 Å². The molecule has 0 aromatic carbocycles. The van der Waals surface area contributed by atoms with Crippen LogP contribution in [0.15, 0.2) is 0 Å². The van der Waals surface area contributed by atoms with Gasteiger partial charge in [0.2, 0.25) is 0 Å². The van der Waals surface area contributed by atoms with Crippen molar-refractivity contribution >= 4 is 6.16 Å². The van der Waals surface area contributed by atoms with Gasteiger partial charge in [-0.05, 0) is 48.9 Å². The number of hydrogen-bond donors (Lipinski definition) is 0. The van der Waals surface area contributed by atoms with Gasteiger partial charge in [0.05, 0.1) is 0 Å². The van der Waals surface area contributed by atoms with Gasteiger partial charge in [-0.25, -0.2) is 4.79 Å².